The highest BCUT2D eigenvalue weighted by Crippen LogP contribution is 2.42. The Bertz CT molecular complexity index is 1690. The van der Waals surface area contributed by atoms with Gasteiger partial charge in [0.15, 0.2) is 0 Å². The topological polar surface area (TPSA) is 157 Å². The lowest BCUT2D eigenvalue weighted by molar-refractivity contribution is 0.0603. The highest BCUT2D eigenvalue weighted by Gasteiger charge is 2.38. The van der Waals surface area contributed by atoms with Gasteiger partial charge in [-0.1, -0.05) is 59.6 Å². The number of likely N-dealkylation sites (tertiary alicyclic amines) is 2. The first-order chi connectivity index (χ1) is 24.2. The van der Waals surface area contributed by atoms with Crippen LogP contribution in [0.2, 0.25) is 10.0 Å². The molecule has 4 aromatic rings. The van der Waals surface area contributed by atoms with Crippen molar-refractivity contribution in [3.63, 3.8) is 0 Å². The fourth-order valence-electron chi connectivity index (χ4n) is 6.84. The molecule has 0 unspecified atom stereocenters. The normalized spacial score (nSPS) is 17.4. The Hall–Kier alpha value is -3.46. The van der Waals surface area contributed by atoms with Crippen LogP contribution >= 0.6 is 23.2 Å². The standard InChI is InChI=1S/C36H42Cl2N6O6/c1-49-33-29(15-43-11-9-35(17-43,19-45)20-46)39-13-27(41-33)25-7-3-5-23(31(25)37)24-6-4-8-26(32(24)38)28-14-40-30(34(42-28)50-2)16-44-12-10-36(18-44,21-47)22-48/h3-8,13-14,45-48H,9-12,15-22H2,1-2H3. The van der Waals surface area contributed by atoms with Crippen LogP contribution in [0.15, 0.2) is 48.8 Å². The number of hydrogen-bond donors (Lipinski definition) is 4. The summed E-state index contributed by atoms with van der Waals surface area (Å²) in [4.78, 5) is 23.1. The molecule has 2 saturated heterocycles. The van der Waals surface area contributed by atoms with Gasteiger partial charge in [-0.25, -0.2) is 9.97 Å². The van der Waals surface area contributed by atoms with Crippen LogP contribution in [0.5, 0.6) is 11.8 Å². The van der Waals surface area contributed by atoms with E-state index in [1.54, 1.807) is 26.6 Å². The van der Waals surface area contributed by atoms with E-state index in [2.05, 4.69) is 19.8 Å². The van der Waals surface area contributed by atoms with Crippen LogP contribution in [-0.2, 0) is 13.1 Å². The second-order valence-electron chi connectivity index (χ2n) is 13.3. The zero-order chi connectivity index (χ0) is 35.5. The molecular formula is C36H42Cl2N6O6. The number of aliphatic hydroxyl groups is 4. The van der Waals surface area contributed by atoms with E-state index in [1.165, 1.54) is 0 Å². The predicted molar refractivity (Wildman–Crippen MR) is 190 cm³/mol. The summed E-state index contributed by atoms with van der Waals surface area (Å²) >= 11 is 14.1. The number of methoxy groups -OCH3 is 2. The molecule has 0 bridgehead atoms. The van der Waals surface area contributed by atoms with Crippen molar-refractivity contribution in [3.8, 4) is 45.4 Å². The second-order valence-corrected chi connectivity index (χ2v) is 14.1. The number of benzene rings is 2. The molecule has 2 aliphatic heterocycles. The number of hydrogen-bond acceptors (Lipinski definition) is 12. The molecule has 4 N–H and O–H groups in total. The highest BCUT2D eigenvalue weighted by atomic mass is 35.5. The summed E-state index contributed by atoms with van der Waals surface area (Å²) in [5.41, 5.74) is 4.05. The predicted octanol–water partition coefficient (Wildman–Crippen LogP) is 3.95. The van der Waals surface area contributed by atoms with Gasteiger partial charge < -0.3 is 29.9 Å². The molecule has 266 valence electrons. The Labute approximate surface area is 301 Å². The van der Waals surface area contributed by atoms with Gasteiger partial charge in [-0.15, -0.1) is 0 Å². The minimum Gasteiger partial charge on any atom is -0.480 e. The van der Waals surface area contributed by atoms with E-state index < -0.39 is 10.8 Å². The average Bonchev–Trinajstić information content (AvgIpc) is 3.77. The summed E-state index contributed by atoms with van der Waals surface area (Å²) in [5, 5.41) is 40.1. The summed E-state index contributed by atoms with van der Waals surface area (Å²) in [6.45, 7) is 3.20. The van der Waals surface area contributed by atoms with Crippen molar-refractivity contribution in [1.29, 1.82) is 0 Å². The van der Waals surface area contributed by atoms with E-state index in [0.29, 0.717) is 106 Å². The number of aliphatic hydroxyl groups excluding tert-OH is 4. The molecule has 4 heterocycles. The Morgan fingerprint density at radius 2 is 1.02 bits per heavy atom. The smallest absolute Gasteiger partial charge is 0.237 e. The zero-order valence-corrected chi connectivity index (χ0v) is 29.7. The monoisotopic (exact) mass is 724 g/mol. The van der Waals surface area contributed by atoms with E-state index in [-0.39, 0.29) is 26.4 Å². The van der Waals surface area contributed by atoms with Crippen molar-refractivity contribution < 1.29 is 29.9 Å². The molecule has 0 atom stereocenters. The third-order valence-electron chi connectivity index (χ3n) is 9.97. The number of halogens is 2. The number of rotatable bonds is 13. The van der Waals surface area contributed by atoms with Gasteiger partial charge >= 0.3 is 0 Å². The Morgan fingerprint density at radius 1 is 0.640 bits per heavy atom. The fraction of sp³-hybridized carbons (Fsp3) is 0.444. The SMILES string of the molecule is COc1nc(-c2cccc(-c3cccc(-c4cnc(CN5CCC(CO)(CO)C5)c(OC)n4)c3Cl)c2Cl)cnc1CN1CCC(CO)(CO)C1. The van der Waals surface area contributed by atoms with Gasteiger partial charge in [-0.2, -0.15) is 0 Å². The molecule has 12 nitrogen and oxygen atoms in total. The van der Waals surface area contributed by atoms with Crippen LogP contribution in [0, 0.1) is 10.8 Å². The third-order valence-corrected chi connectivity index (χ3v) is 10.8. The number of aromatic nitrogens is 4. The maximum atomic E-state index is 9.80. The largest absolute Gasteiger partial charge is 0.480 e. The fourth-order valence-corrected chi connectivity index (χ4v) is 7.49. The number of ether oxygens (including phenoxy) is 2. The molecule has 50 heavy (non-hydrogen) atoms. The summed E-state index contributed by atoms with van der Waals surface area (Å²) in [5.74, 6) is 0.743. The van der Waals surface area contributed by atoms with Crippen LogP contribution in [0.4, 0.5) is 0 Å². The lowest BCUT2D eigenvalue weighted by Crippen LogP contribution is -2.33. The summed E-state index contributed by atoms with van der Waals surface area (Å²) in [7, 11) is 3.10. The molecule has 0 radical (unpaired) electrons. The lowest BCUT2D eigenvalue weighted by atomic mass is 9.89. The Kier molecular flexibility index (Phi) is 11.2. The molecule has 14 heteroatoms. The van der Waals surface area contributed by atoms with E-state index in [1.807, 2.05) is 36.4 Å². The first-order valence-electron chi connectivity index (χ1n) is 16.5. The molecule has 2 aromatic heterocycles. The molecule has 2 fully saturated rings. The van der Waals surface area contributed by atoms with Gasteiger partial charge in [-0.05, 0) is 25.9 Å². The van der Waals surface area contributed by atoms with E-state index in [0.717, 1.165) is 13.1 Å². The molecule has 0 spiro atoms. The van der Waals surface area contributed by atoms with Crippen molar-refractivity contribution in [2.24, 2.45) is 10.8 Å². The first-order valence-corrected chi connectivity index (χ1v) is 17.2. The Morgan fingerprint density at radius 3 is 1.36 bits per heavy atom. The summed E-state index contributed by atoms with van der Waals surface area (Å²) in [6.07, 6.45) is 4.73. The van der Waals surface area contributed by atoms with Gasteiger partial charge in [0, 0.05) is 59.3 Å². The van der Waals surface area contributed by atoms with Crippen molar-refractivity contribution in [3.05, 3.63) is 70.2 Å². The van der Waals surface area contributed by atoms with E-state index >= 15 is 0 Å². The van der Waals surface area contributed by atoms with Crippen LogP contribution in [0.1, 0.15) is 24.2 Å². The Balaban J connectivity index is 1.25. The number of nitrogens with zero attached hydrogens (tertiary/aromatic N) is 6. The van der Waals surface area contributed by atoms with Crippen LogP contribution in [-0.4, -0.2) is 117 Å². The zero-order valence-electron chi connectivity index (χ0n) is 28.1. The minimum atomic E-state index is -0.514. The molecule has 0 saturated carbocycles. The molecular weight excluding hydrogens is 683 g/mol. The van der Waals surface area contributed by atoms with Crippen LogP contribution < -0.4 is 9.47 Å². The van der Waals surface area contributed by atoms with Crippen LogP contribution in [0.25, 0.3) is 33.6 Å². The molecule has 0 aliphatic carbocycles. The van der Waals surface area contributed by atoms with Gasteiger partial charge in [0.2, 0.25) is 11.8 Å². The van der Waals surface area contributed by atoms with Gasteiger partial charge in [0.25, 0.3) is 0 Å². The maximum Gasteiger partial charge on any atom is 0.237 e. The molecule has 2 aromatic carbocycles. The van der Waals surface area contributed by atoms with Crippen molar-refractivity contribution >= 4 is 23.2 Å². The second kappa shape index (κ2) is 15.4. The lowest BCUT2D eigenvalue weighted by Gasteiger charge is -2.24. The van der Waals surface area contributed by atoms with E-state index in [4.69, 9.17) is 42.6 Å². The van der Waals surface area contributed by atoms with Crippen LogP contribution in [0.3, 0.4) is 0 Å². The molecule has 2 aliphatic rings. The highest BCUT2D eigenvalue weighted by molar-refractivity contribution is 6.39. The molecule has 0 amide bonds. The maximum absolute atomic E-state index is 9.80. The third kappa shape index (κ3) is 7.17. The van der Waals surface area contributed by atoms with Gasteiger partial charge in [0.05, 0.1) is 74.5 Å². The van der Waals surface area contributed by atoms with Crippen molar-refractivity contribution in [1.82, 2.24) is 29.7 Å². The minimum absolute atomic E-state index is 0.0732. The van der Waals surface area contributed by atoms with Gasteiger partial charge in [0.1, 0.15) is 11.4 Å². The quantitative estimate of drug-likeness (QED) is 0.158. The molecule has 6 rings (SSSR count). The van der Waals surface area contributed by atoms with E-state index in [9.17, 15) is 20.4 Å². The van der Waals surface area contributed by atoms with Gasteiger partial charge in [-0.3, -0.25) is 19.8 Å². The summed E-state index contributed by atoms with van der Waals surface area (Å²) < 4.78 is 11.3. The van der Waals surface area contributed by atoms with Crippen molar-refractivity contribution in [2.45, 2.75) is 25.9 Å². The average molecular weight is 726 g/mol. The summed E-state index contributed by atoms with van der Waals surface area (Å²) in [6, 6.07) is 11.3. The van der Waals surface area contributed by atoms with Crippen molar-refractivity contribution in [2.75, 3.05) is 66.8 Å². The first kappa shape index (κ1) is 36.3.